The molecule has 0 atom stereocenters. The molecule has 33 heavy (non-hydrogen) atoms. The Morgan fingerprint density at radius 3 is 2.67 bits per heavy atom. The minimum absolute atomic E-state index is 0.0510. The number of methoxy groups -OCH3 is 1. The molecule has 0 saturated carbocycles. The second-order valence-electron chi connectivity index (χ2n) is 6.36. The molecule has 1 saturated heterocycles. The molecule has 1 aliphatic heterocycles. The zero-order valence-corrected chi connectivity index (χ0v) is 20.8. The van der Waals surface area contributed by atoms with Gasteiger partial charge in [-0.2, -0.15) is 4.37 Å². The molecular weight excluding hydrogens is 442 g/mol. The van der Waals surface area contributed by atoms with E-state index in [1.165, 1.54) is 10.9 Å². The van der Waals surface area contributed by atoms with E-state index in [1.807, 2.05) is 39.0 Å². The third-order valence-corrected chi connectivity index (χ3v) is 5.12. The minimum Gasteiger partial charge on any atom is -0.381 e. The van der Waals surface area contributed by atoms with E-state index in [4.69, 9.17) is 9.47 Å². The maximum atomic E-state index is 12.8. The van der Waals surface area contributed by atoms with Gasteiger partial charge in [0, 0.05) is 20.2 Å². The van der Waals surface area contributed by atoms with E-state index in [0.717, 1.165) is 17.1 Å². The summed E-state index contributed by atoms with van der Waals surface area (Å²) < 4.78 is 16.5. The Balaban J connectivity index is 0.00000101. The van der Waals surface area contributed by atoms with Crippen LogP contribution in [0.1, 0.15) is 33.4 Å². The Morgan fingerprint density at radius 1 is 1.39 bits per heavy atom. The largest absolute Gasteiger partial charge is 0.381 e. The normalized spacial score (nSPS) is 13.6. The highest BCUT2D eigenvalue weighted by molar-refractivity contribution is 7.13. The summed E-state index contributed by atoms with van der Waals surface area (Å²) in [7, 11) is 1.62. The number of fused-ring (bicyclic) bond motifs is 1. The van der Waals surface area contributed by atoms with Crippen LogP contribution in [0.15, 0.2) is 29.3 Å². The molecule has 0 radical (unpaired) electrons. The summed E-state index contributed by atoms with van der Waals surface area (Å²) in [5.74, 6) is 2.25. The molecule has 9 nitrogen and oxygen atoms in total. The van der Waals surface area contributed by atoms with Crippen LogP contribution in [0.4, 0.5) is 4.79 Å². The van der Waals surface area contributed by atoms with Crippen LogP contribution in [0.25, 0.3) is 15.8 Å². The second kappa shape index (κ2) is 15.7. The number of carbonyl (C=O) groups excluding carboxylic acids is 1. The average Bonchev–Trinajstić information content (AvgIpc) is 3.28. The van der Waals surface area contributed by atoms with Crippen molar-refractivity contribution in [2.45, 2.75) is 34.4 Å². The van der Waals surface area contributed by atoms with Gasteiger partial charge in [0.1, 0.15) is 22.6 Å². The Labute approximate surface area is 199 Å². The number of nitrogens with zero attached hydrogens (tertiary/aromatic N) is 4. The number of rotatable bonds is 6. The van der Waals surface area contributed by atoms with E-state index in [9.17, 15) is 9.59 Å². The minimum atomic E-state index is -0.229. The number of hydrogen-bond donors (Lipinski definition) is 1. The van der Waals surface area contributed by atoms with Crippen molar-refractivity contribution in [3.8, 4) is 12.3 Å². The van der Waals surface area contributed by atoms with E-state index in [0.29, 0.717) is 48.8 Å². The summed E-state index contributed by atoms with van der Waals surface area (Å²) in [5.41, 5.74) is 1.86. The van der Waals surface area contributed by atoms with Crippen molar-refractivity contribution in [3.63, 3.8) is 0 Å². The topological polar surface area (TPSA) is 98.6 Å². The zero-order valence-electron chi connectivity index (χ0n) is 20.0. The van der Waals surface area contributed by atoms with Crippen LogP contribution < -0.4 is 10.9 Å². The van der Waals surface area contributed by atoms with Gasteiger partial charge in [-0.3, -0.25) is 9.36 Å². The van der Waals surface area contributed by atoms with Gasteiger partial charge < -0.3 is 19.7 Å². The van der Waals surface area contributed by atoms with Crippen LogP contribution >= 0.6 is 11.5 Å². The standard InChI is InChI=1S/C18H23N5O4S.C3H4.C2H6/c1-3-13(5-4-8-26-2)14-15-16(28-21-14)17(24)23(11-19-15)12-20-18(25)22-6-9-27-10-7-22;1-3-2;1-2/h3-5,11H,6-10,12H2,1-2H3,(H,20,25);1H,2H3;1-2H3/b5-4-,13-3+;;. The maximum absolute atomic E-state index is 12.8. The first-order chi connectivity index (χ1) is 16.1. The van der Waals surface area contributed by atoms with Crippen molar-refractivity contribution in [2.24, 2.45) is 0 Å². The van der Waals surface area contributed by atoms with Gasteiger partial charge in [-0.15, -0.1) is 12.3 Å². The zero-order chi connectivity index (χ0) is 24.6. The fourth-order valence-electron chi connectivity index (χ4n) is 2.77. The quantitative estimate of drug-likeness (QED) is 0.509. The van der Waals surface area contributed by atoms with Crippen molar-refractivity contribution < 1.29 is 14.3 Å². The number of hydrogen-bond acceptors (Lipinski definition) is 7. The van der Waals surface area contributed by atoms with E-state index in [1.54, 1.807) is 18.9 Å². The molecule has 1 N–H and O–H groups in total. The third-order valence-electron chi connectivity index (χ3n) is 4.29. The lowest BCUT2D eigenvalue weighted by molar-refractivity contribution is 0.0527. The number of urea groups is 1. The molecule has 0 aromatic carbocycles. The van der Waals surface area contributed by atoms with E-state index < -0.39 is 0 Å². The SMILES string of the molecule is C#CC.C/C=C(\C=C/COC)c1nsc2c(=O)n(CNC(=O)N3CCOCC3)cnc12.CC. The smallest absolute Gasteiger partial charge is 0.318 e. The molecule has 3 rings (SSSR count). The number of terminal acetylenes is 1. The molecule has 10 heteroatoms. The van der Waals surface area contributed by atoms with Crippen LogP contribution in [0, 0.1) is 12.3 Å². The number of allylic oxidation sites excluding steroid dienone is 3. The number of nitrogens with one attached hydrogen (secondary N) is 1. The number of ether oxygens (including phenoxy) is 2. The lowest BCUT2D eigenvalue weighted by atomic mass is 10.1. The van der Waals surface area contributed by atoms with E-state index >= 15 is 0 Å². The molecule has 1 aliphatic rings. The van der Waals surface area contributed by atoms with Gasteiger partial charge in [-0.1, -0.05) is 32.1 Å². The Kier molecular flexibility index (Phi) is 13.4. The lowest BCUT2D eigenvalue weighted by Crippen LogP contribution is -2.47. The summed E-state index contributed by atoms with van der Waals surface area (Å²) in [6.07, 6.45) is 11.7. The van der Waals surface area contributed by atoms with Crippen LogP contribution in [0.3, 0.4) is 0 Å². The van der Waals surface area contributed by atoms with Gasteiger partial charge in [-0.05, 0) is 31.0 Å². The molecule has 0 aliphatic carbocycles. The first-order valence-electron chi connectivity index (χ1n) is 10.7. The fraction of sp³-hybridized carbons (Fsp3) is 0.478. The van der Waals surface area contributed by atoms with Gasteiger partial charge in [0.15, 0.2) is 0 Å². The fourth-order valence-corrected chi connectivity index (χ4v) is 3.58. The molecule has 0 spiro atoms. The summed E-state index contributed by atoms with van der Waals surface area (Å²) in [6, 6.07) is -0.222. The van der Waals surface area contributed by atoms with Crippen LogP contribution in [-0.4, -0.2) is 64.9 Å². The van der Waals surface area contributed by atoms with Crippen LogP contribution in [0.5, 0.6) is 0 Å². The Bertz CT molecular complexity index is 1030. The van der Waals surface area contributed by atoms with Crippen molar-refractivity contribution in [3.05, 3.63) is 40.6 Å². The van der Waals surface area contributed by atoms with E-state index in [2.05, 4.69) is 27.0 Å². The molecule has 2 aromatic rings. The highest BCUT2D eigenvalue weighted by atomic mass is 32.1. The van der Waals surface area contributed by atoms with Gasteiger partial charge >= 0.3 is 6.03 Å². The predicted octanol–water partition coefficient (Wildman–Crippen LogP) is 3.12. The average molecular weight is 476 g/mol. The maximum Gasteiger partial charge on any atom is 0.318 e. The third kappa shape index (κ3) is 8.13. The molecule has 0 bridgehead atoms. The van der Waals surface area contributed by atoms with Crippen LogP contribution in [-0.2, 0) is 16.1 Å². The highest BCUT2D eigenvalue weighted by Crippen LogP contribution is 2.24. The Morgan fingerprint density at radius 2 is 2.06 bits per heavy atom. The monoisotopic (exact) mass is 475 g/mol. The molecular formula is C23H33N5O4S. The van der Waals surface area contributed by atoms with Crippen molar-refractivity contribution in [1.29, 1.82) is 0 Å². The second-order valence-corrected chi connectivity index (χ2v) is 7.13. The number of aromatic nitrogens is 3. The van der Waals surface area contributed by atoms with Crippen molar-refractivity contribution in [1.82, 2.24) is 24.1 Å². The molecule has 2 aromatic heterocycles. The van der Waals surface area contributed by atoms with E-state index in [-0.39, 0.29) is 18.3 Å². The van der Waals surface area contributed by atoms with Gasteiger partial charge in [0.25, 0.3) is 5.56 Å². The summed E-state index contributed by atoms with van der Waals surface area (Å²) >= 11 is 1.11. The molecule has 0 unspecified atom stereocenters. The molecule has 2 amide bonds. The first-order valence-corrected chi connectivity index (χ1v) is 11.5. The Hall–Kier alpha value is -3.00. The summed E-state index contributed by atoms with van der Waals surface area (Å²) in [4.78, 5) is 31.0. The molecule has 3 heterocycles. The summed E-state index contributed by atoms with van der Waals surface area (Å²) in [5, 5.41) is 2.75. The first kappa shape index (κ1) is 28.0. The summed E-state index contributed by atoms with van der Waals surface area (Å²) in [6.45, 7) is 10.2. The van der Waals surface area contributed by atoms with Crippen LogP contribution in [0.2, 0.25) is 0 Å². The number of morpholine rings is 1. The van der Waals surface area contributed by atoms with Gasteiger partial charge in [-0.25, -0.2) is 9.78 Å². The lowest BCUT2D eigenvalue weighted by Gasteiger charge is -2.26. The highest BCUT2D eigenvalue weighted by Gasteiger charge is 2.18. The van der Waals surface area contributed by atoms with Crippen molar-refractivity contribution in [2.75, 3.05) is 40.0 Å². The predicted molar refractivity (Wildman–Crippen MR) is 133 cm³/mol. The van der Waals surface area contributed by atoms with Gasteiger partial charge in [0.05, 0.1) is 26.1 Å². The van der Waals surface area contributed by atoms with Gasteiger partial charge in [0.2, 0.25) is 0 Å². The molecule has 180 valence electrons. The number of carbonyl (C=O) groups is 1. The number of amides is 2. The molecule has 1 fully saturated rings. The van der Waals surface area contributed by atoms with Crippen molar-refractivity contribution >= 4 is 33.4 Å².